The second kappa shape index (κ2) is 8.02. The van der Waals surface area contributed by atoms with Gasteiger partial charge in [-0.1, -0.05) is 6.07 Å². The van der Waals surface area contributed by atoms with Gasteiger partial charge in [0.25, 0.3) is 5.91 Å². The summed E-state index contributed by atoms with van der Waals surface area (Å²) in [6.07, 6.45) is 0. The van der Waals surface area contributed by atoms with Gasteiger partial charge in [-0.05, 0) is 18.2 Å². The summed E-state index contributed by atoms with van der Waals surface area (Å²) >= 11 is 0. The fourth-order valence-electron chi connectivity index (χ4n) is 1.61. The van der Waals surface area contributed by atoms with Crippen LogP contribution in [-0.4, -0.2) is 64.0 Å². The van der Waals surface area contributed by atoms with Gasteiger partial charge in [-0.3, -0.25) is 9.59 Å². The third-order valence-corrected chi connectivity index (χ3v) is 3.01. The van der Waals surface area contributed by atoms with E-state index in [-0.39, 0.29) is 12.5 Å². The lowest BCUT2D eigenvalue weighted by molar-refractivity contribution is -0.137. The molecule has 0 fully saturated rings. The van der Waals surface area contributed by atoms with Crippen molar-refractivity contribution in [2.75, 3.05) is 46.2 Å². The summed E-state index contributed by atoms with van der Waals surface area (Å²) in [5.41, 5.74) is 1.23. The molecule has 0 heterocycles. The van der Waals surface area contributed by atoms with Gasteiger partial charge in [0.05, 0.1) is 12.1 Å². The first kappa shape index (κ1) is 17.5. The summed E-state index contributed by atoms with van der Waals surface area (Å²) in [7, 11) is 6.68. The topological polar surface area (TPSA) is 79.0 Å². The van der Waals surface area contributed by atoms with Gasteiger partial charge in [0.1, 0.15) is 0 Å². The zero-order valence-corrected chi connectivity index (χ0v) is 13.3. The Morgan fingerprint density at radius 1 is 1.18 bits per heavy atom. The van der Waals surface area contributed by atoms with Crippen LogP contribution in [0.4, 0.5) is 5.69 Å². The van der Waals surface area contributed by atoms with Crippen LogP contribution < -0.4 is 10.2 Å². The molecule has 1 rings (SSSR count). The summed E-state index contributed by atoms with van der Waals surface area (Å²) in [6.45, 7) is -0.485. The lowest BCUT2D eigenvalue weighted by Gasteiger charge is -2.16. The smallest absolute Gasteiger partial charge is 0.338 e. The molecule has 22 heavy (non-hydrogen) atoms. The van der Waals surface area contributed by atoms with Gasteiger partial charge >= 0.3 is 5.97 Å². The van der Waals surface area contributed by atoms with E-state index < -0.39 is 18.5 Å². The minimum Gasteiger partial charge on any atom is -0.452 e. The fourth-order valence-corrected chi connectivity index (χ4v) is 1.61. The first-order valence-electron chi connectivity index (χ1n) is 6.74. The highest BCUT2D eigenvalue weighted by molar-refractivity contribution is 5.92. The average Bonchev–Trinajstić information content (AvgIpc) is 2.51. The van der Waals surface area contributed by atoms with Gasteiger partial charge < -0.3 is 19.9 Å². The molecule has 0 aromatic heterocycles. The van der Waals surface area contributed by atoms with Crippen LogP contribution in [0.5, 0.6) is 0 Å². The number of nitrogens with zero attached hydrogens (tertiary/aromatic N) is 2. The first-order valence-corrected chi connectivity index (χ1v) is 6.74. The summed E-state index contributed by atoms with van der Waals surface area (Å²) in [5, 5.41) is 2.41. The molecule has 7 heteroatoms. The number of rotatable bonds is 6. The van der Waals surface area contributed by atoms with Crippen molar-refractivity contribution < 1.29 is 19.1 Å². The van der Waals surface area contributed by atoms with Gasteiger partial charge in [-0.2, -0.15) is 0 Å². The Hall–Kier alpha value is -2.57. The van der Waals surface area contributed by atoms with Crippen molar-refractivity contribution in [3.8, 4) is 0 Å². The number of ether oxygens (including phenoxy) is 1. The Morgan fingerprint density at radius 3 is 2.45 bits per heavy atom. The summed E-state index contributed by atoms with van der Waals surface area (Å²) in [6, 6.07) is 6.90. The monoisotopic (exact) mass is 307 g/mol. The highest BCUT2D eigenvalue weighted by Gasteiger charge is 2.15. The molecule has 0 spiro atoms. The molecule has 0 unspecified atom stereocenters. The average molecular weight is 307 g/mol. The molecular weight excluding hydrogens is 286 g/mol. The second-order valence-corrected chi connectivity index (χ2v) is 4.94. The van der Waals surface area contributed by atoms with E-state index in [1.807, 2.05) is 25.1 Å². The zero-order chi connectivity index (χ0) is 16.7. The van der Waals surface area contributed by atoms with Crippen LogP contribution in [0.1, 0.15) is 10.4 Å². The van der Waals surface area contributed by atoms with Gasteiger partial charge in [-0.15, -0.1) is 0 Å². The SMILES string of the molecule is CNC(=O)CN(C)C(=O)COC(=O)c1cccc(N(C)C)c1. The predicted molar refractivity (Wildman–Crippen MR) is 82.8 cm³/mol. The number of carbonyl (C=O) groups is 3. The number of carbonyl (C=O) groups excluding carboxylic acids is 3. The Morgan fingerprint density at radius 2 is 1.86 bits per heavy atom. The number of hydrogen-bond acceptors (Lipinski definition) is 5. The van der Waals surface area contributed by atoms with E-state index in [1.165, 1.54) is 19.0 Å². The molecule has 0 saturated heterocycles. The molecule has 0 radical (unpaired) electrons. The molecule has 0 aliphatic carbocycles. The molecule has 120 valence electrons. The summed E-state index contributed by atoms with van der Waals surface area (Å²) in [5.74, 6) is -1.31. The third kappa shape index (κ3) is 5.08. The van der Waals surface area contributed by atoms with Gasteiger partial charge in [0.2, 0.25) is 5.91 Å². The number of esters is 1. The van der Waals surface area contributed by atoms with E-state index in [0.717, 1.165) is 5.69 Å². The molecule has 0 saturated carbocycles. The van der Waals surface area contributed by atoms with Crippen LogP contribution in [0.25, 0.3) is 0 Å². The molecule has 0 aliphatic heterocycles. The van der Waals surface area contributed by atoms with Gasteiger partial charge in [0.15, 0.2) is 6.61 Å². The van der Waals surface area contributed by atoms with Crippen molar-refractivity contribution in [1.82, 2.24) is 10.2 Å². The van der Waals surface area contributed by atoms with Crippen LogP contribution >= 0.6 is 0 Å². The van der Waals surface area contributed by atoms with E-state index in [2.05, 4.69) is 5.32 Å². The maximum absolute atomic E-state index is 11.9. The van der Waals surface area contributed by atoms with E-state index in [0.29, 0.717) is 5.56 Å². The van der Waals surface area contributed by atoms with Crippen molar-refractivity contribution in [1.29, 1.82) is 0 Å². The maximum atomic E-state index is 11.9. The van der Waals surface area contributed by atoms with Crippen LogP contribution in [-0.2, 0) is 14.3 Å². The largest absolute Gasteiger partial charge is 0.452 e. The summed E-state index contributed by atoms with van der Waals surface area (Å²) in [4.78, 5) is 37.9. The zero-order valence-electron chi connectivity index (χ0n) is 13.3. The Kier molecular flexibility index (Phi) is 6.37. The minimum absolute atomic E-state index is 0.0804. The van der Waals surface area contributed by atoms with Crippen molar-refractivity contribution in [2.45, 2.75) is 0 Å². The van der Waals surface area contributed by atoms with Crippen molar-refractivity contribution in [2.24, 2.45) is 0 Å². The standard InChI is InChI=1S/C15H21N3O4/c1-16-13(19)9-18(4)14(20)10-22-15(21)11-6-5-7-12(8-11)17(2)3/h5-8H,9-10H2,1-4H3,(H,16,19). The molecule has 0 atom stereocenters. The van der Waals surface area contributed by atoms with Crippen LogP contribution in [0, 0.1) is 0 Å². The van der Waals surface area contributed by atoms with Crippen molar-refractivity contribution in [3.05, 3.63) is 29.8 Å². The van der Waals surface area contributed by atoms with Crippen molar-refractivity contribution >= 4 is 23.5 Å². The molecular formula is C15H21N3O4. The molecule has 1 aromatic carbocycles. The Balaban J connectivity index is 2.57. The van der Waals surface area contributed by atoms with E-state index in [1.54, 1.807) is 18.2 Å². The highest BCUT2D eigenvalue weighted by Crippen LogP contribution is 2.14. The van der Waals surface area contributed by atoms with Crippen LogP contribution in [0.2, 0.25) is 0 Å². The third-order valence-electron chi connectivity index (χ3n) is 3.01. The lowest BCUT2D eigenvalue weighted by atomic mass is 10.2. The molecule has 2 amide bonds. The fraction of sp³-hybridized carbons (Fsp3) is 0.400. The van der Waals surface area contributed by atoms with Crippen molar-refractivity contribution in [3.63, 3.8) is 0 Å². The number of benzene rings is 1. The predicted octanol–water partition coefficient (Wildman–Crippen LogP) is 0.114. The van der Waals surface area contributed by atoms with E-state index >= 15 is 0 Å². The Labute approximate surface area is 129 Å². The molecule has 1 aromatic rings. The first-order chi connectivity index (χ1) is 10.3. The van der Waals surface area contributed by atoms with Gasteiger partial charge in [0, 0.05) is 33.9 Å². The summed E-state index contributed by atoms with van der Waals surface area (Å²) < 4.78 is 4.98. The number of nitrogens with one attached hydrogen (secondary N) is 1. The maximum Gasteiger partial charge on any atom is 0.338 e. The Bertz CT molecular complexity index is 557. The molecule has 0 aliphatic rings. The van der Waals surface area contributed by atoms with E-state index in [4.69, 9.17) is 4.74 Å². The van der Waals surface area contributed by atoms with Crippen LogP contribution in [0.15, 0.2) is 24.3 Å². The van der Waals surface area contributed by atoms with E-state index in [9.17, 15) is 14.4 Å². The number of anilines is 1. The van der Waals surface area contributed by atoms with Gasteiger partial charge in [-0.25, -0.2) is 4.79 Å². The lowest BCUT2D eigenvalue weighted by Crippen LogP contribution is -2.39. The highest BCUT2D eigenvalue weighted by atomic mass is 16.5. The molecule has 0 bridgehead atoms. The quantitative estimate of drug-likeness (QED) is 0.755. The number of likely N-dealkylation sites (N-methyl/N-ethyl adjacent to an activating group) is 2. The number of hydrogen-bond donors (Lipinski definition) is 1. The molecule has 1 N–H and O–H groups in total. The van der Waals surface area contributed by atoms with Crippen LogP contribution in [0.3, 0.4) is 0 Å². The minimum atomic E-state index is -0.578. The second-order valence-electron chi connectivity index (χ2n) is 4.94. The number of amides is 2. The molecule has 7 nitrogen and oxygen atoms in total. The normalized spacial score (nSPS) is 9.82.